The van der Waals surface area contributed by atoms with E-state index >= 15 is 0 Å². The average Bonchev–Trinajstić information content (AvgIpc) is 2.18. The minimum atomic E-state index is 0.704. The molecule has 50 valence electrons. The van der Waals surface area contributed by atoms with Gasteiger partial charge >= 0.3 is 0 Å². The fourth-order valence-corrected chi connectivity index (χ4v) is 1.40. The lowest BCUT2D eigenvalue weighted by atomic mass is 10.0. The van der Waals surface area contributed by atoms with Crippen LogP contribution in [0.15, 0.2) is 24.3 Å². The molecule has 0 radical (unpaired) electrons. The summed E-state index contributed by atoms with van der Waals surface area (Å²) in [6.07, 6.45) is 8.29. The largest absolute Gasteiger partial charge is 0.0993 e. The molecule has 1 rings (SSSR count). The van der Waals surface area contributed by atoms with Crippen molar-refractivity contribution in [3.05, 3.63) is 24.3 Å². The highest BCUT2D eigenvalue weighted by molar-refractivity contribution is 5.12. The van der Waals surface area contributed by atoms with Crippen molar-refractivity contribution in [3.63, 3.8) is 0 Å². The van der Waals surface area contributed by atoms with Crippen LogP contribution in [0.3, 0.4) is 0 Å². The third kappa shape index (κ3) is 1.44. The van der Waals surface area contributed by atoms with Crippen molar-refractivity contribution in [1.29, 1.82) is 0 Å². The van der Waals surface area contributed by atoms with Crippen molar-refractivity contribution in [3.8, 4) is 0 Å². The van der Waals surface area contributed by atoms with Crippen molar-refractivity contribution in [2.45, 2.75) is 26.2 Å². The minimum Gasteiger partial charge on any atom is -0.0993 e. The molecular formula is C9H14. The van der Waals surface area contributed by atoms with Crippen molar-refractivity contribution in [2.75, 3.05) is 0 Å². The van der Waals surface area contributed by atoms with Crippen LogP contribution >= 0.6 is 0 Å². The van der Waals surface area contributed by atoms with Gasteiger partial charge in [0.15, 0.2) is 0 Å². The highest BCUT2D eigenvalue weighted by atomic mass is 14.2. The maximum absolute atomic E-state index is 4.00. The van der Waals surface area contributed by atoms with Crippen LogP contribution in [-0.2, 0) is 0 Å². The Kier molecular flexibility index (Phi) is 2.10. The average molecular weight is 122 g/mol. The predicted octanol–water partition coefficient (Wildman–Crippen LogP) is 2.92. The van der Waals surface area contributed by atoms with Gasteiger partial charge < -0.3 is 0 Å². The van der Waals surface area contributed by atoms with E-state index in [0.29, 0.717) is 5.92 Å². The molecule has 0 aliphatic heterocycles. The van der Waals surface area contributed by atoms with Crippen molar-refractivity contribution in [2.24, 2.45) is 5.92 Å². The van der Waals surface area contributed by atoms with E-state index < -0.39 is 0 Å². The van der Waals surface area contributed by atoms with E-state index in [1.54, 1.807) is 0 Å². The standard InChI is InChI=1S/C9H14/c1-3-5-9-7-4-6-8(9)2/h3,5,9H,2,4,6-7H2,1H3/b5-3+. The van der Waals surface area contributed by atoms with Gasteiger partial charge in [-0.3, -0.25) is 0 Å². The van der Waals surface area contributed by atoms with Crippen LogP contribution in [-0.4, -0.2) is 0 Å². The normalized spacial score (nSPS) is 28.1. The lowest BCUT2D eigenvalue weighted by Crippen LogP contribution is -1.87. The highest BCUT2D eigenvalue weighted by Crippen LogP contribution is 2.30. The quantitative estimate of drug-likeness (QED) is 0.469. The molecule has 0 bridgehead atoms. The van der Waals surface area contributed by atoms with Crippen LogP contribution in [0.2, 0.25) is 0 Å². The smallest absolute Gasteiger partial charge is 0.00260 e. The molecule has 0 aromatic rings. The Morgan fingerprint density at radius 1 is 1.67 bits per heavy atom. The molecule has 1 fully saturated rings. The second-order valence-corrected chi connectivity index (χ2v) is 2.68. The Balaban J connectivity index is 2.49. The first-order chi connectivity index (χ1) is 4.34. The summed E-state index contributed by atoms with van der Waals surface area (Å²) in [6, 6.07) is 0. The molecule has 0 spiro atoms. The molecule has 1 atom stereocenters. The zero-order valence-electron chi connectivity index (χ0n) is 6.06. The monoisotopic (exact) mass is 122 g/mol. The molecule has 0 amide bonds. The molecule has 1 aliphatic rings. The molecule has 0 heteroatoms. The topological polar surface area (TPSA) is 0 Å². The summed E-state index contributed by atoms with van der Waals surface area (Å²) < 4.78 is 0. The second-order valence-electron chi connectivity index (χ2n) is 2.68. The van der Waals surface area contributed by atoms with Gasteiger partial charge in [0.1, 0.15) is 0 Å². The second kappa shape index (κ2) is 2.86. The number of hydrogen-bond acceptors (Lipinski definition) is 0. The van der Waals surface area contributed by atoms with E-state index in [9.17, 15) is 0 Å². The van der Waals surface area contributed by atoms with E-state index in [0.717, 1.165) is 0 Å². The van der Waals surface area contributed by atoms with Crippen molar-refractivity contribution >= 4 is 0 Å². The van der Waals surface area contributed by atoms with Crippen LogP contribution in [0.1, 0.15) is 26.2 Å². The number of hydrogen-bond donors (Lipinski definition) is 0. The summed E-state index contributed by atoms with van der Waals surface area (Å²) in [5.41, 5.74) is 1.42. The van der Waals surface area contributed by atoms with Crippen LogP contribution in [0.5, 0.6) is 0 Å². The molecule has 1 aliphatic carbocycles. The maximum Gasteiger partial charge on any atom is -0.00260 e. The predicted molar refractivity (Wildman–Crippen MR) is 41.3 cm³/mol. The molecule has 1 saturated carbocycles. The number of rotatable bonds is 1. The molecule has 0 aromatic carbocycles. The summed E-state index contributed by atoms with van der Waals surface area (Å²) in [5, 5.41) is 0. The first kappa shape index (κ1) is 6.60. The van der Waals surface area contributed by atoms with Gasteiger partial charge in [0.2, 0.25) is 0 Å². The van der Waals surface area contributed by atoms with E-state index in [4.69, 9.17) is 0 Å². The van der Waals surface area contributed by atoms with Gasteiger partial charge in [-0.05, 0) is 32.1 Å². The zero-order chi connectivity index (χ0) is 6.69. The van der Waals surface area contributed by atoms with Gasteiger partial charge in [0, 0.05) is 0 Å². The van der Waals surface area contributed by atoms with Crippen molar-refractivity contribution < 1.29 is 0 Å². The molecule has 9 heavy (non-hydrogen) atoms. The summed E-state index contributed by atoms with van der Waals surface area (Å²) in [5.74, 6) is 0.704. The van der Waals surface area contributed by atoms with E-state index in [1.807, 2.05) is 0 Å². The molecule has 0 heterocycles. The molecule has 0 nitrogen and oxygen atoms in total. The molecule has 0 N–H and O–H groups in total. The maximum atomic E-state index is 4.00. The van der Waals surface area contributed by atoms with Gasteiger partial charge in [-0.1, -0.05) is 24.3 Å². The summed E-state index contributed by atoms with van der Waals surface area (Å²) in [7, 11) is 0. The van der Waals surface area contributed by atoms with E-state index in [-0.39, 0.29) is 0 Å². The fraction of sp³-hybridized carbons (Fsp3) is 0.556. The zero-order valence-corrected chi connectivity index (χ0v) is 6.06. The van der Waals surface area contributed by atoms with Crippen LogP contribution < -0.4 is 0 Å². The Labute approximate surface area is 57.3 Å². The lowest BCUT2D eigenvalue weighted by Gasteiger charge is -2.01. The fourth-order valence-electron chi connectivity index (χ4n) is 1.40. The van der Waals surface area contributed by atoms with Gasteiger partial charge in [0.05, 0.1) is 0 Å². The SMILES string of the molecule is C=C1CCCC1/C=C/C. The van der Waals surface area contributed by atoms with Crippen LogP contribution in [0, 0.1) is 5.92 Å². The minimum absolute atomic E-state index is 0.704. The third-order valence-corrected chi connectivity index (χ3v) is 1.96. The van der Waals surface area contributed by atoms with Gasteiger partial charge in [-0.25, -0.2) is 0 Å². The van der Waals surface area contributed by atoms with E-state index in [1.165, 1.54) is 24.8 Å². The van der Waals surface area contributed by atoms with Crippen molar-refractivity contribution in [1.82, 2.24) is 0 Å². The summed E-state index contributed by atoms with van der Waals surface area (Å²) >= 11 is 0. The highest BCUT2D eigenvalue weighted by Gasteiger charge is 2.14. The Morgan fingerprint density at radius 3 is 2.89 bits per heavy atom. The Hall–Kier alpha value is -0.520. The first-order valence-electron chi connectivity index (χ1n) is 3.65. The van der Waals surface area contributed by atoms with Gasteiger partial charge in [-0.2, -0.15) is 0 Å². The first-order valence-corrected chi connectivity index (χ1v) is 3.65. The van der Waals surface area contributed by atoms with Crippen LogP contribution in [0.25, 0.3) is 0 Å². The number of allylic oxidation sites excluding steroid dienone is 3. The lowest BCUT2D eigenvalue weighted by molar-refractivity contribution is 0.765. The molecule has 0 saturated heterocycles. The van der Waals surface area contributed by atoms with E-state index in [2.05, 4.69) is 25.7 Å². The molecule has 0 aromatic heterocycles. The molecular weight excluding hydrogens is 108 g/mol. The van der Waals surface area contributed by atoms with Crippen LogP contribution in [0.4, 0.5) is 0 Å². The van der Waals surface area contributed by atoms with Gasteiger partial charge in [0.25, 0.3) is 0 Å². The summed E-state index contributed by atoms with van der Waals surface area (Å²) in [6.45, 7) is 6.08. The van der Waals surface area contributed by atoms with Gasteiger partial charge in [-0.15, -0.1) is 0 Å². The summed E-state index contributed by atoms with van der Waals surface area (Å²) in [4.78, 5) is 0. The Bertz CT molecular complexity index is 131. The Morgan fingerprint density at radius 2 is 2.44 bits per heavy atom. The molecule has 1 unspecified atom stereocenters. The third-order valence-electron chi connectivity index (χ3n) is 1.96.